The van der Waals surface area contributed by atoms with E-state index in [1.165, 1.54) is 6.92 Å². The molecule has 3 aliphatic rings. The minimum atomic E-state index is -0.298. The second-order valence-corrected chi connectivity index (χ2v) is 3.52. The van der Waals surface area contributed by atoms with Crippen molar-refractivity contribution in [2.45, 2.75) is 37.6 Å². The topological polar surface area (TPSA) is 57.3 Å². The Morgan fingerprint density at radius 2 is 2.23 bits per heavy atom. The van der Waals surface area contributed by atoms with Crippen molar-refractivity contribution >= 4 is 5.97 Å². The van der Waals surface area contributed by atoms with Crippen molar-refractivity contribution in [3.05, 3.63) is 0 Å². The predicted molar refractivity (Wildman–Crippen MR) is 38.8 cm³/mol. The van der Waals surface area contributed by atoms with Crippen LogP contribution in [0.1, 0.15) is 6.92 Å². The Bertz CT molecular complexity index is 253. The largest absolute Gasteiger partial charge is 0.457 e. The summed E-state index contributed by atoms with van der Waals surface area (Å²) in [5.41, 5.74) is 0. The Hall–Kier alpha value is -0.650. The standard InChI is InChI=1S/C8H10O5/c1-3(9)11-5-4-2-10-8(12-4)7-6(5)13-7/h4-8H,2H2,1H3/t4-,5-,6+,7+,8-/m1/s1. The minimum Gasteiger partial charge on any atom is -0.457 e. The lowest BCUT2D eigenvalue weighted by atomic mass is 10.1. The number of ether oxygens (including phenoxy) is 4. The summed E-state index contributed by atoms with van der Waals surface area (Å²) in [7, 11) is 0. The molecular weight excluding hydrogens is 176 g/mol. The van der Waals surface area contributed by atoms with Gasteiger partial charge in [-0.3, -0.25) is 4.79 Å². The first-order valence-electron chi connectivity index (χ1n) is 4.35. The average Bonchev–Trinajstić information content (AvgIpc) is 2.74. The first-order valence-corrected chi connectivity index (χ1v) is 4.35. The van der Waals surface area contributed by atoms with E-state index in [0.29, 0.717) is 6.61 Å². The van der Waals surface area contributed by atoms with E-state index in [4.69, 9.17) is 18.9 Å². The highest BCUT2D eigenvalue weighted by molar-refractivity contribution is 5.66. The number of hydrogen-bond donors (Lipinski definition) is 0. The Kier molecular flexibility index (Phi) is 1.45. The van der Waals surface area contributed by atoms with E-state index < -0.39 is 0 Å². The molecule has 3 heterocycles. The molecule has 0 aromatic rings. The number of fused-ring (bicyclic) bond motifs is 4. The highest BCUT2D eigenvalue weighted by Crippen LogP contribution is 2.42. The molecule has 0 amide bonds. The molecule has 3 rings (SSSR count). The lowest BCUT2D eigenvalue weighted by Gasteiger charge is -2.23. The van der Waals surface area contributed by atoms with Gasteiger partial charge in [0.2, 0.25) is 0 Å². The third-order valence-electron chi connectivity index (χ3n) is 2.56. The van der Waals surface area contributed by atoms with Gasteiger partial charge in [-0.05, 0) is 0 Å². The molecule has 72 valence electrons. The molecule has 3 saturated heterocycles. The van der Waals surface area contributed by atoms with Gasteiger partial charge in [-0.25, -0.2) is 0 Å². The maximum Gasteiger partial charge on any atom is 0.303 e. The molecule has 0 unspecified atom stereocenters. The van der Waals surface area contributed by atoms with Crippen molar-refractivity contribution in [2.75, 3.05) is 6.61 Å². The van der Waals surface area contributed by atoms with Crippen LogP contribution in [0.4, 0.5) is 0 Å². The van der Waals surface area contributed by atoms with Crippen molar-refractivity contribution in [3.63, 3.8) is 0 Å². The third-order valence-corrected chi connectivity index (χ3v) is 2.56. The number of epoxide rings is 1. The van der Waals surface area contributed by atoms with Crippen LogP contribution in [0.25, 0.3) is 0 Å². The van der Waals surface area contributed by atoms with E-state index in [9.17, 15) is 4.79 Å². The van der Waals surface area contributed by atoms with Crippen molar-refractivity contribution in [1.82, 2.24) is 0 Å². The fourth-order valence-corrected chi connectivity index (χ4v) is 1.95. The molecular formula is C8H10O5. The molecule has 3 fully saturated rings. The second-order valence-electron chi connectivity index (χ2n) is 3.52. The Labute approximate surface area is 74.9 Å². The zero-order valence-corrected chi connectivity index (χ0v) is 7.14. The van der Waals surface area contributed by atoms with E-state index in [2.05, 4.69) is 0 Å². The molecule has 0 aliphatic carbocycles. The molecule has 0 aromatic heterocycles. The van der Waals surface area contributed by atoms with Crippen LogP contribution in [0.5, 0.6) is 0 Å². The van der Waals surface area contributed by atoms with Gasteiger partial charge in [0, 0.05) is 6.92 Å². The van der Waals surface area contributed by atoms with Crippen LogP contribution >= 0.6 is 0 Å². The molecule has 2 bridgehead atoms. The van der Waals surface area contributed by atoms with Crippen molar-refractivity contribution < 1.29 is 23.7 Å². The van der Waals surface area contributed by atoms with E-state index in [-0.39, 0.29) is 36.7 Å². The van der Waals surface area contributed by atoms with Crippen LogP contribution in [0.3, 0.4) is 0 Å². The molecule has 5 nitrogen and oxygen atoms in total. The quantitative estimate of drug-likeness (QED) is 0.406. The van der Waals surface area contributed by atoms with Gasteiger partial charge in [0.05, 0.1) is 6.61 Å². The lowest BCUT2D eigenvalue weighted by molar-refractivity contribution is -0.160. The molecule has 0 radical (unpaired) electrons. The van der Waals surface area contributed by atoms with E-state index >= 15 is 0 Å². The maximum atomic E-state index is 10.8. The monoisotopic (exact) mass is 186 g/mol. The van der Waals surface area contributed by atoms with Gasteiger partial charge < -0.3 is 18.9 Å². The molecule has 5 atom stereocenters. The fourth-order valence-electron chi connectivity index (χ4n) is 1.95. The number of rotatable bonds is 1. The number of esters is 1. The molecule has 13 heavy (non-hydrogen) atoms. The van der Waals surface area contributed by atoms with Gasteiger partial charge in [0.1, 0.15) is 18.3 Å². The first kappa shape index (κ1) is 7.73. The summed E-state index contributed by atoms with van der Waals surface area (Å²) >= 11 is 0. The summed E-state index contributed by atoms with van der Waals surface area (Å²) in [5.74, 6) is -0.298. The first-order chi connectivity index (χ1) is 6.25. The van der Waals surface area contributed by atoms with Crippen LogP contribution in [-0.4, -0.2) is 43.3 Å². The Morgan fingerprint density at radius 3 is 3.00 bits per heavy atom. The summed E-state index contributed by atoms with van der Waals surface area (Å²) in [6.07, 6.45) is -0.682. The number of hydrogen-bond acceptors (Lipinski definition) is 5. The van der Waals surface area contributed by atoms with Gasteiger partial charge in [0.15, 0.2) is 12.4 Å². The normalized spacial score (nSPS) is 51.3. The predicted octanol–water partition coefficient (Wildman–Crippen LogP) is -0.559. The van der Waals surface area contributed by atoms with Crippen LogP contribution in [0.15, 0.2) is 0 Å². The van der Waals surface area contributed by atoms with Gasteiger partial charge in [0.25, 0.3) is 0 Å². The highest BCUT2D eigenvalue weighted by atomic mass is 16.8. The van der Waals surface area contributed by atoms with Crippen LogP contribution in [0, 0.1) is 0 Å². The van der Waals surface area contributed by atoms with Crippen molar-refractivity contribution in [3.8, 4) is 0 Å². The fraction of sp³-hybridized carbons (Fsp3) is 0.875. The zero-order chi connectivity index (χ0) is 9.00. The molecule has 3 aliphatic heterocycles. The Balaban J connectivity index is 1.76. The summed E-state index contributed by atoms with van der Waals surface area (Å²) in [6, 6.07) is 0. The van der Waals surface area contributed by atoms with Gasteiger partial charge >= 0.3 is 5.97 Å². The highest BCUT2D eigenvalue weighted by Gasteiger charge is 2.63. The van der Waals surface area contributed by atoms with Gasteiger partial charge in [-0.2, -0.15) is 0 Å². The maximum absolute atomic E-state index is 10.8. The molecule has 0 N–H and O–H groups in total. The van der Waals surface area contributed by atoms with E-state index in [1.54, 1.807) is 0 Å². The average molecular weight is 186 g/mol. The summed E-state index contributed by atoms with van der Waals surface area (Å²) in [6.45, 7) is 1.89. The van der Waals surface area contributed by atoms with Crippen molar-refractivity contribution in [1.29, 1.82) is 0 Å². The summed E-state index contributed by atoms with van der Waals surface area (Å²) < 4.78 is 21.1. The minimum absolute atomic E-state index is 0.00449. The zero-order valence-electron chi connectivity index (χ0n) is 7.14. The Morgan fingerprint density at radius 1 is 1.38 bits per heavy atom. The summed E-state index contributed by atoms with van der Waals surface area (Å²) in [4.78, 5) is 10.8. The van der Waals surface area contributed by atoms with E-state index in [0.717, 1.165) is 0 Å². The number of carbonyl (C=O) groups is 1. The van der Waals surface area contributed by atoms with E-state index in [1.807, 2.05) is 0 Å². The lowest BCUT2D eigenvalue weighted by Crippen LogP contribution is -2.42. The molecule has 0 saturated carbocycles. The molecule has 0 spiro atoms. The smallest absolute Gasteiger partial charge is 0.303 e. The molecule has 0 aromatic carbocycles. The second kappa shape index (κ2) is 2.43. The van der Waals surface area contributed by atoms with Crippen LogP contribution in [-0.2, 0) is 23.7 Å². The van der Waals surface area contributed by atoms with Crippen molar-refractivity contribution in [2.24, 2.45) is 0 Å². The number of carbonyl (C=O) groups excluding carboxylic acids is 1. The van der Waals surface area contributed by atoms with Crippen LogP contribution in [0.2, 0.25) is 0 Å². The SMILES string of the molecule is CC(=O)O[C@H]1[C@@H]2O[C@@H]2[C@@H]2OC[C@H]1O2. The summed E-state index contributed by atoms with van der Waals surface area (Å²) in [5, 5.41) is 0. The van der Waals surface area contributed by atoms with Gasteiger partial charge in [-0.1, -0.05) is 0 Å². The van der Waals surface area contributed by atoms with Gasteiger partial charge in [-0.15, -0.1) is 0 Å². The van der Waals surface area contributed by atoms with Crippen LogP contribution < -0.4 is 0 Å². The third kappa shape index (κ3) is 1.08. The molecule has 5 heteroatoms.